The fourth-order valence-electron chi connectivity index (χ4n) is 2.24. The molecule has 0 spiro atoms. The second-order valence-electron chi connectivity index (χ2n) is 4.04. The number of rotatable bonds is 1. The zero-order valence-electron chi connectivity index (χ0n) is 9.22. The van der Waals surface area contributed by atoms with E-state index in [2.05, 4.69) is 72.4 Å². The fourth-order valence-corrected chi connectivity index (χ4v) is 2.24. The molecule has 0 saturated carbocycles. The van der Waals surface area contributed by atoms with Crippen molar-refractivity contribution in [3.63, 3.8) is 0 Å². The fraction of sp³-hybridized carbons (Fsp3) is 0.0667. The molecule has 0 aliphatic heterocycles. The second kappa shape index (κ2) is 3.53. The monoisotopic (exact) mass is 207 g/mol. The van der Waals surface area contributed by atoms with Crippen LogP contribution >= 0.6 is 0 Å². The number of fused-ring (bicyclic) bond motifs is 1. The molecule has 1 aromatic heterocycles. The minimum atomic E-state index is 1.27. The van der Waals surface area contributed by atoms with E-state index >= 15 is 0 Å². The lowest BCUT2D eigenvalue weighted by Crippen LogP contribution is -1.88. The van der Waals surface area contributed by atoms with Gasteiger partial charge in [0, 0.05) is 18.6 Å². The van der Waals surface area contributed by atoms with E-state index in [1.54, 1.807) is 0 Å². The van der Waals surface area contributed by atoms with E-state index in [0.717, 1.165) is 0 Å². The highest BCUT2D eigenvalue weighted by atomic mass is 14.9. The van der Waals surface area contributed by atoms with Gasteiger partial charge in [-0.3, -0.25) is 0 Å². The molecule has 3 aromatic rings. The van der Waals surface area contributed by atoms with Crippen LogP contribution in [0, 0.1) is 0 Å². The number of aryl methyl sites for hydroxylation is 1. The van der Waals surface area contributed by atoms with Crippen LogP contribution in [-0.4, -0.2) is 4.57 Å². The zero-order chi connectivity index (χ0) is 11.0. The Balaban J connectivity index is 2.35. The maximum Gasteiger partial charge on any atom is 0.0557 e. The molecule has 0 bridgehead atoms. The van der Waals surface area contributed by atoms with Crippen LogP contribution in [0.1, 0.15) is 0 Å². The molecule has 0 saturated heterocycles. The van der Waals surface area contributed by atoms with Crippen LogP contribution in [-0.2, 0) is 7.05 Å². The Bertz CT molecular complexity index is 620. The summed E-state index contributed by atoms with van der Waals surface area (Å²) in [6, 6.07) is 19.0. The topological polar surface area (TPSA) is 4.93 Å². The van der Waals surface area contributed by atoms with Crippen LogP contribution in [0.4, 0.5) is 0 Å². The number of benzene rings is 2. The Morgan fingerprint density at radius 1 is 0.812 bits per heavy atom. The van der Waals surface area contributed by atoms with Gasteiger partial charge < -0.3 is 4.57 Å². The van der Waals surface area contributed by atoms with Gasteiger partial charge >= 0.3 is 0 Å². The van der Waals surface area contributed by atoms with Crippen LogP contribution in [0.5, 0.6) is 0 Å². The van der Waals surface area contributed by atoms with Crippen molar-refractivity contribution in [1.29, 1.82) is 0 Å². The molecular weight excluding hydrogens is 194 g/mol. The van der Waals surface area contributed by atoms with E-state index in [4.69, 9.17) is 0 Å². The third kappa shape index (κ3) is 1.33. The van der Waals surface area contributed by atoms with Crippen LogP contribution in [0.2, 0.25) is 0 Å². The molecule has 1 heterocycles. The smallest absolute Gasteiger partial charge is 0.0557 e. The minimum absolute atomic E-state index is 1.27. The van der Waals surface area contributed by atoms with Crippen LogP contribution in [0.3, 0.4) is 0 Å². The van der Waals surface area contributed by atoms with E-state index in [9.17, 15) is 0 Å². The molecule has 1 nitrogen and oxygen atoms in total. The highest BCUT2D eigenvalue weighted by molar-refractivity contribution is 5.96. The number of hydrogen-bond acceptors (Lipinski definition) is 0. The Morgan fingerprint density at radius 2 is 1.50 bits per heavy atom. The normalized spacial score (nSPS) is 10.8. The molecule has 78 valence electrons. The molecule has 0 aliphatic rings. The zero-order valence-corrected chi connectivity index (χ0v) is 9.22. The van der Waals surface area contributed by atoms with Crippen LogP contribution in [0.15, 0.2) is 60.8 Å². The largest absolute Gasteiger partial charge is 0.349 e. The van der Waals surface area contributed by atoms with E-state index in [1.807, 2.05) is 0 Å². The molecule has 0 aliphatic carbocycles. The molecule has 2 aromatic carbocycles. The summed E-state index contributed by atoms with van der Waals surface area (Å²) >= 11 is 0. The molecule has 0 atom stereocenters. The highest BCUT2D eigenvalue weighted by Crippen LogP contribution is 2.29. The highest BCUT2D eigenvalue weighted by Gasteiger charge is 2.07. The summed E-state index contributed by atoms with van der Waals surface area (Å²) in [5.74, 6) is 0. The van der Waals surface area contributed by atoms with Gasteiger partial charge in [0.05, 0.1) is 5.69 Å². The summed E-state index contributed by atoms with van der Waals surface area (Å²) in [6.07, 6.45) is 2.18. The van der Waals surface area contributed by atoms with E-state index in [1.165, 1.54) is 22.0 Å². The Hall–Kier alpha value is -2.02. The van der Waals surface area contributed by atoms with Gasteiger partial charge in [0.2, 0.25) is 0 Å². The summed E-state index contributed by atoms with van der Waals surface area (Å²) in [4.78, 5) is 0. The first-order valence-corrected chi connectivity index (χ1v) is 5.46. The van der Waals surface area contributed by atoms with Crippen molar-refractivity contribution in [3.05, 3.63) is 60.8 Å². The Labute approximate surface area is 95.0 Å². The molecular formula is C15H13N. The summed E-state index contributed by atoms with van der Waals surface area (Å²) in [5.41, 5.74) is 2.56. The molecule has 16 heavy (non-hydrogen) atoms. The van der Waals surface area contributed by atoms with Crippen molar-refractivity contribution in [1.82, 2.24) is 4.57 Å². The summed E-state index contributed by atoms with van der Waals surface area (Å²) < 4.78 is 2.19. The lowest BCUT2D eigenvalue weighted by atomic mass is 10.1. The van der Waals surface area contributed by atoms with Gasteiger partial charge in [-0.2, -0.15) is 0 Å². The molecule has 0 radical (unpaired) electrons. The van der Waals surface area contributed by atoms with Crippen LogP contribution in [0.25, 0.3) is 22.0 Å². The Kier molecular flexibility index (Phi) is 2.03. The van der Waals surface area contributed by atoms with Crippen molar-refractivity contribution in [2.24, 2.45) is 7.05 Å². The maximum absolute atomic E-state index is 2.19. The maximum atomic E-state index is 2.19. The minimum Gasteiger partial charge on any atom is -0.349 e. The van der Waals surface area contributed by atoms with E-state index < -0.39 is 0 Å². The molecule has 0 unspecified atom stereocenters. The Morgan fingerprint density at radius 3 is 2.31 bits per heavy atom. The summed E-state index contributed by atoms with van der Waals surface area (Å²) in [7, 11) is 2.10. The SMILES string of the molecule is Cn1cc2ccccc2c1-c1ccccc1. The van der Waals surface area contributed by atoms with Gasteiger partial charge in [-0.05, 0) is 10.9 Å². The quantitative estimate of drug-likeness (QED) is 0.571. The lowest BCUT2D eigenvalue weighted by molar-refractivity contribution is 0.942. The summed E-state index contributed by atoms with van der Waals surface area (Å²) in [6.45, 7) is 0. The van der Waals surface area contributed by atoms with Crippen molar-refractivity contribution < 1.29 is 0 Å². The summed E-state index contributed by atoms with van der Waals surface area (Å²) in [5, 5.41) is 2.61. The lowest BCUT2D eigenvalue weighted by Gasteiger charge is -2.03. The number of aromatic nitrogens is 1. The third-order valence-corrected chi connectivity index (χ3v) is 2.95. The van der Waals surface area contributed by atoms with Crippen molar-refractivity contribution in [3.8, 4) is 11.3 Å². The first-order chi connectivity index (χ1) is 7.86. The molecule has 1 heteroatoms. The first-order valence-electron chi connectivity index (χ1n) is 5.46. The van der Waals surface area contributed by atoms with Crippen molar-refractivity contribution >= 4 is 10.8 Å². The molecule has 0 amide bonds. The average Bonchev–Trinajstić information content (AvgIpc) is 2.66. The van der Waals surface area contributed by atoms with Gasteiger partial charge in [0.25, 0.3) is 0 Å². The predicted molar refractivity (Wildman–Crippen MR) is 68.4 cm³/mol. The third-order valence-electron chi connectivity index (χ3n) is 2.95. The van der Waals surface area contributed by atoms with Crippen LogP contribution < -0.4 is 0 Å². The standard InChI is InChI=1S/C15H13N/c1-16-11-13-9-5-6-10-14(13)15(16)12-7-3-2-4-8-12/h2-11H,1H3. The van der Waals surface area contributed by atoms with Gasteiger partial charge in [0.1, 0.15) is 0 Å². The average molecular weight is 207 g/mol. The van der Waals surface area contributed by atoms with E-state index in [0.29, 0.717) is 0 Å². The number of nitrogens with zero attached hydrogens (tertiary/aromatic N) is 1. The van der Waals surface area contributed by atoms with Gasteiger partial charge in [0.15, 0.2) is 0 Å². The van der Waals surface area contributed by atoms with E-state index in [-0.39, 0.29) is 0 Å². The second-order valence-corrected chi connectivity index (χ2v) is 4.04. The van der Waals surface area contributed by atoms with Gasteiger partial charge in [-0.25, -0.2) is 0 Å². The van der Waals surface area contributed by atoms with Gasteiger partial charge in [-0.1, -0.05) is 54.6 Å². The number of hydrogen-bond donors (Lipinski definition) is 0. The van der Waals surface area contributed by atoms with Gasteiger partial charge in [-0.15, -0.1) is 0 Å². The molecule has 3 rings (SSSR count). The molecule has 0 fully saturated rings. The van der Waals surface area contributed by atoms with Crippen molar-refractivity contribution in [2.45, 2.75) is 0 Å². The first kappa shape index (κ1) is 9.22. The predicted octanol–water partition coefficient (Wildman–Crippen LogP) is 3.85. The molecule has 0 N–H and O–H groups in total. The van der Waals surface area contributed by atoms with Crippen molar-refractivity contribution in [2.75, 3.05) is 0 Å².